The van der Waals surface area contributed by atoms with E-state index in [9.17, 15) is 9.18 Å². The van der Waals surface area contributed by atoms with Crippen LogP contribution in [0.15, 0.2) is 54.3 Å². The Kier molecular flexibility index (Phi) is 4.55. The van der Waals surface area contributed by atoms with E-state index in [2.05, 4.69) is 25.4 Å². The monoisotopic (exact) mass is 433 g/mol. The molecule has 4 heterocycles. The highest BCUT2D eigenvalue weighted by molar-refractivity contribution is 7.11. The molecule has 0 unspecified atom stereocenters. The normalized spacial score (nSPS) is 11.2. The Balaban J connectivity index is 1.54. The third-order valence-corrected chi connectivity index (χ3v) is 5.67. The van der Waals surface area contributed by atoms with Crippen LogP contribution in [0.2, 0.25) is 0 Å². The van der Waals surface area contributed by atoms with Gasteiger partial charge in [-0.15, -0.1) is 11.3 Å². The van der Waals surface area contributed by atoms with Crippen LogP contribution in [0.4, 0.5) is 10.2 Å². The highest BCUT2D eigenvalue weighted by atomic mass is 32.1. The summed E-state index contributed by atoms with van der Waals surface area (Å²) in [4.78, 5) is 25.7. The first-order chi connectivity index (χ1) is 15.0. The predicted molar refractivity (Wildman–Crippen MR) is 115 cm³/mol. The number of amides is 1. The standard InChI is InChI=1S/C21H16FN7OS/c1-12-24-19(13-3-5-14(22)6-4-13)20(28(12)2)15-7-8-18-25-17(10-29(18)27-15)26-21(30)16-9-23-11-31-16/h3-11H,1-2H3,(H,26,30). The Hall–Kier alpha value is -3.92. The number of carbonyl (C=O) groups is 1. The largest absolute Gasteiger partial charge is 0.330 e. The number of carbonyl (C=O) groups excluding carboxylic acids is 1. The first kappa shape index (κ1) is 19.1. The Morgan fingerprint density at radius 1 is 1.13 bits per heavy atom. The van der Waals surface area contributed by atoms with Crippen LogP contribution >= 0.6 is 11.3 Å². The van der Waals surface area contributed by atoms with Crippen molar-refractivity contribution in [3.05, 3.63) is 70.8 Å². The molecule has 4 aromatic heterocycles. The molecule has 0 atom stereocenters. The summed E-state index contributed by atoms with van der Waals surface area (Å²) in [6, 6.07) is 9.89. The number of fused-ring (bicyclic) bond motifs is 1. The zero-order chi connectivity index (χ0) is 21.5. The van der Waals surface area contributed by atoms with Gasteiger partial charge in [-0.2, -0.15) is 5.10 Å². The maximum atomic E-state index is 13.4. The molecule has 0 bridgehead atoms. The fraction of sp³-hybridized carbons (Fsp3) is 0.0952. The average molecular weight is 433 g/mol. The van der Waals surface area contributed by atoms with Gasteiger partial charge in [0.05, 0.1) is 29.3 Å². The molecule has 0 aliphatic heterocycles. The second-order valence-corrected chi connectivity index (χ2v) is 7.78. The smallest absolute Gasteiger partial charge is 0.268 e. The molecule has 0 aliphatic rings. The molecular weight excluding hydrogens is 417 g/mol. The predicted octanol–water partition coefficient (Wildman–Crippen LogP) is 3.95. The number of nitrogens with one attached hydrogen (secondary N) is 1. The van der Waals surface area contributed by atoms with E-state index in [0.29, 0.717) is 27.7 Å². The summed E-state index contributed by atoms with van der Waals surface area (Å²) in [6.45, 7) is 1.90. The van der Waals surface area contributed by atoms with Crippen LogP contribution in [-0.2, 0) is 7.05 Å². The molecule has 5 aromatic rings. The van der Waals surface area contributed by atoms with Crippen LogP contribution in [0.3, 0.4) is 0 Å². The molecule has 31 heavy (non-hydrogen) atoms. The Labute approximate surface area is 180 Å². The lowest BCUT2D eigenvalue weighted by Gasteiger charge is -2.07. The van der Waals surface area contributed by atoms with Crippen molar-refractivity contribution in [2.45, 2.75) is 6.92 Å². The number of halogens is 1. The quantitative estimate of drug-likeness (QED) is 0.463. The lowest BCUT2D eigenvalue weighted by atomic mass is 10.1. The maximum absolute atomic E-state index is 13.4. The van der Waals surface area contributed by atoms with E-state index in [1.54, 1.807) is 28.4 Å². The summed E-state index contributed by atoms with van der Waals surface area (Å²) in [5.41, 5.74) is 5.17. The summed E-state index contributed by atoms with van der Waals surface area (Å²) in [5.74, 6) is 0.623. The van der Waals surface area contributed by atoms with E-state index in [0.717, 1.165) is 17.1 Å². The summed E-state index contributed by atoms with van der Waals surface area (Å²) in [7, 11) is 1.91. The number of aryl methyl sites for hydroxylation is 1. The van der Waals surface area contributed by atoms with Crippen LogP contribution < -0.4 is 5.32 Å². The molecule has 0 fully saturated rings. The SMILES string of the molecule is Cc1nc(-c2ccc(F)cc2)c(-c2ccc3nc(NC(=O)c4cncs4)cn3n2)n1C. The number of thiazole rings is 1. The fourth-order valence-electron chi connectivity index (χ4n) is 3.29. The summed E-state index contributed by atoms with van der Waals surface area (Å²) in [5, 5.41) is 7.43. The van der Waals surface area contributed by atoms with Gasteiger partial charge in [0, 0.05) is 12.6 Å². The number of anilines is 1. The molecular formula is C21H16FN7OS. The van der Waals surface area contributed by atoms with Crippen molar-refractivity contribution in [3.8, 4) is 22.6 Å². The van der Waals surface area contributed by atoms with Gasteiger partial charge >= 0.3 is 0 Å². The number of aromatic nitrogens is 6. The molecule has 0 saturated heterocycles. The van der Waals surface area contributed by atoms with Gasteiger partial charge in [0.1, 0.15) is 22.2 Å². The van der Waals surface area contributed by atoms with Gasteiger partial charge in [0.15, 0.2) is 11.5 Å². The van der Waals surface area contributed by atoms with Gasteiger partial charge in [0.2, 0.25) is 0 Å². The van der Waals surface area contributed by atoms with Crippen molar-refractivity contribution in [2.75, 3.05) is 5.32 Å². The molecule has 0 saturated carbocycles. The van der Waals surface area contributed by atoms with Crippen molar-refractivity contribution >= 4 is 28.7 Å². The zero-order valence-corrected chi connectivity index (χ0v) is 17.4. The molecule has 0 radical (unpaired) electrons. The lowest BCUT2D eigenvalue weighted by molar-refractivity contribution is 0.103. The van der Waals surface area contributed by atoms with Gasteiger partial charge in [-0.25, -0.2) is 18.9 Å². The van der Waals surface area contributed by atoms with E-state index in [4.69, 9.17) is 0 Å². The minimum atomic E-state index is -0.302. The third-order valence-electron chi connectivity index (χ3n) is 4.90. The van der Waals surface area contributed by atoms with Crippen LogP contribution in [0, 0.1) is 12.7 Å². The second kappa shape index (κ2) is 7.40. The van der Waals surface area contributed by atoms with E-state index in [-0.39, 0.29) is 11.7 Å². The molecule has 0 aliphatic carbocycles. The van der Waals surface area contributed by atoms with Crippen molar-refractivity contribution < 1.29 is 9.18 Å². The number of rotatable bonds is 4. The first-order valence-electron chi connectivity index (χ1n) is 9.35. The topological polar surface area (TPSA) is 90.0 Å². The fourth-order valence-corrected chi connectivity index (χ4v) is 3.80. The van der Waals surface area contributed by atoms with Crippen molar-refractivity contribution in [1.29, 1.82) is 0 Å². The average Bonchev–Trinajstić information content (AvgIpc) is 3.48. The highest BCUT2D eigenvalue weighted by Gasteiger charge is 2.18. The zero-order valence-electron chi connectivity index (χ0n) is 16.6. The summed E-state index contributed by atoms with van der Waals surface area (Å²) < 4.78 is 16.9. The Morgan fingerprint density at radius 3 is 2.68 bits per heavy atom. The third kappa shape index (κ3) is 3.46. The minimum Gasteiger partial charge on any atom is -0.330 e. The molecule has 8 nitrogen and oxygen atoms in total. The molecule has 5 rings (SSSR count). The van der Waals surface area contributed by atoms with Gasteiger partial charge in [0.25, 0.3) is 5.91 Å². The Bertz CT molecular complexity index is 1400. The number of hydrogen-bond donors (Lipinski definition) is 1. The van der Waals surface area contributed by atoms with Crippen LogP contribution in [0.5, 0.6) is 0 Å². The van der Waals surface area contributed by atoms with Crippen LogP contribution in [-0.4, -0.2) is 35.0 Å². The first-order valence-corrected chi connectivity index (χ1v) is 10.2. The molecule has 1 aromatic carbocycles. The van der Waals surface area contributed by atoms with Gasteiger partial charge in [-0.3, -0.25) is 9.78 Å². The number of imidazole rings is 2. The molecule has 0 spiro atoms. The van der Waals surface area contributed by atoms with E-state index in [1.807, 2.05) is 30.7 Å². The number of hydrogen-bond acceptors (Lipinski definition) is 6. The second-order valence-electron chi connectivity index (χ2n) is 6.89. The van der Waals surface area contributed by atoms with Gasteiger partial charge in [-0.1, -0.05) is 0 Å². The van der Waals surface area contributed by atoms with Crippen LogP contribution in [0.25, 0.3) is 28.3 Å². The van der Waals surface area contributed by atoms with Crippen molar-refractivity contribution in [1.82, 2.24) is 29.1 Å². The highest BCUT2D eigenvalue weighted by Crippen LogP contribution is 2.31. The summed E-state index contributed by atoms with van der Waals surface area (Å²) >= 11 is 1.25. The Morgan fingerprint density at radius 2 is 1.94 bits per heavy atom. The molecule has 1 amide bonds. The number of nitrogens with zero attached hydrogens (tertiary/aromatic N) is 6. The molecule has 154 valence electrons. The van der Waals surface area contributed by atoms with Crippen LogP contribution in [0.1, 0.15) is 15.5 Å². The minimum absolute atomic E-state index is 0.271. The molecule has 10 heteroatoms. The molecule has 1 N–H and O–H groups in total. The van der Waals surface area contributed by atoms with Gasteiger partial charge in [-0.05, 0) is 43.3 Å². The van der Waals surface area contributed by atoms with Crippen molar-refractivity contribution in [3.63, 3.8) is 0 Å². The summed E-state index contributed by atoms with van der Waals surface area (Å²) in [6.07, 6.45) is 3.16. The van der Waals surface area contributed by atoms with Gasteiger partial charge < -0.3 is 9.88 Å². The van der Waals surface area contributed by atoms with E-state index >= 15 is 0 Å². The maximum Gasteiger partial charge on any atom is 0.268 e. The van der Waals surface area contributed by atoms with E-state index < -0.39 is 0 Å². The lowest BCUT2D eigenvalue weighted by Crippen LogP contribution is -2.10. The van der Waals surface area contributed by atoms with E-state index in [1.165, 1.54) is 29.7 Å². The van der Waals surface area contributed by atoms with Crippen molar-refractivity contribution in [2.24, 2.45) is 7.05 Å². The number of benzene rings is 1.